The van der Waals surface area contributed by atoms with Crippen LogP contribution in [-0.4, -0.2) is 48.3 Å². The van der Waals surface area contributed by atoms with Gasteiger partial charge in [-0.05, 0) is 54.2 Å². The van der Waals surface area contributed by atoms with Crippen LogP contribution in [0.2, 0.25) is 5.02 Å². The second-order valence-electron chi connectivity index (χ2n) is 8.14. The number of benzene rings is 2. The maximum atomic E-state index is 10.1. The molecule has 34 heavy (non-hydrogen) atoms. The molecule has 1 heterocycles. The van der Waals surface area contributed by atoms with Gasteiger partial charge in [0, 0.05) is 17.9 Å². The molecule has 0 amide bonds. The summed E-state index contributed by atoms with van der Waals surface area (Å²) in [6.45, 7) is 9.10. The molecule has 5 nitrogen and oxygen atoms in total. The quantitative estimate of drug-likeness (QED) is 0.413. The van der Waals surface area contributed by atoms with Crippen molar-refractivity contribution in [2.75, 3.05) is 19.8 Å². The van der Waals surface area contributed by atoms with Gasteiger partial charge in [-0.3, -0.25) is 0 Å². The summed E-state index contributed by atoms with van der Waals surface area (Å²) in [7, 11) is 0. The van der Waals surface area contributed by atoms with Gasteiger partial charge in [-0.2, -0.15) is 0 Å². The minimum atomic E-state index is -0.470. The maximum absolute atomic E-state index is 10.1. The van der Waals surface area contributed by atoms with Crippen LogP contribution in [-0.2, 0) is 15.9 Å². The zero-order valence-electron chi connectivity index (χ0n) is 21.0. The lowest BCUT2D eigenvalue weighted by Crippen LogP contribution is -2.33. The Kier molecular flexibility index (Phi) is 12.9. The first-order chi connectivity index (χ1) is 16.6. The number of aliphatic hydroxyl groups excluding tert-OH is 2. The highest BCUT2D eigenvalue weighted by atomic mass is 35.5. The summed E-state index contributed by atoms with van der Waals surface area (Å²) in [6.07, 6.45) is 3.44. The van der Waals surface area contributed by atoms with Crippen molar-refractivity contribution >= 4 is 11.6 Å². The number of halogens is 1. The van der Waals surface area contributed by atoms with E-state index in [4.69, 9.17) is 25.8 Å². The third-order valence-electron chi connectivity index (χ3n) is 5.57. The summed E-state index contributed by atoms with van der Waals surface area (Å²) in [5.74, 6) is 0.831. The normalized spacial score (nSPS) is 21.6. The maximum Gasteiger partial charge on any atom is 0.119 e. The number of hydrogen-bond acceptors (Lipinski definition) is 5. The molecule has 2 aromatic carbocycles. The minimum absolute atomic E-state index is 0.0882. The van der Waals surface area contributed by atoms with Gasteiger partial charge in [0.25, 0.3) is 0 Å². The fraction of sp³-hybridized carbons (Fsp3) is 0.571. The van der Waals surface area contributed by atoms with Gasteiger partial charge in [-0.15, -0.1) is 0 Å². The first-order valence-electron chi connectivity index (χ1n) is 12.7. The Bertz CT molecular complexity index is 822. The summed E-state index contributed by atoms with van der Waals surface area (Å²) in [5, 5.41) is 20.2. The van der Waals surface area contributed by atoms with Crippen molar-refractivity contribution in [3.63, 3.8) is 0 Å². The Morgan fingerprint density at radius 1 is 0.971 bits per heavy atom. The van der Waals surface area contributed by atoms with E-state index in [0.29, 0.717) is 43.6 Å². The Morgan fingerprint density at radius 2 is 1.68 bits per heavy atom. The van der Waals surface area contributed by atoms with Crippen molar-refractivity contribution in [3.8, 4) is 5.75 Å². The van der Waals surface area contributed by atoms with E-state index in [2.05, 4.69) is 0 Å². The van der Waals surface area contributed by atoms with Gasteiger partial charge in [0.15, 0.2) is 0 Å². The summed E-state index contributed by atoms with van der Waals surface area (Å²) >= 11 is 6.45. The van der Waals surface area contributed by atoms with Crippen molar-refractivity contribution in [1.82, 2.24) is 0 Å². The molecule has 0 bridgehead atoms. The summed E-state index contributed by atoms with van der Waals surface area (Å²) in [5.41, 5.74) is 3.11. The molecule has 4 rings (SSSR count). The van der Waals surface area contributed by atoms with E-state index in [9.17, 15) is 10.2 Å². The number of hydrogen-bond donors (Lipinski definition) is 2. The van der Waals surface area contributed by atoms with Gasteiger partial charge in [0.05, 0.1) is 37.6 Å². The number of ether oxygens (including phenoxy) is 3. The number of aliphatic hydroxyl groups is 2. The van der Waals surface area contributed by atoms with Crippen LogP contribution in [0.3, 0.4) is 0 Å². The standard InChI is InChI=1S/C24H29ClO5.2C2H6/c25-23-8-3-17(24-14-19(27)13-22(15-26)30-24)12-18(23)11-16-1-4-20(5-2-16)28-9-10-29-21-6-7-21;2*1-2/h1-5,8,12,19,21-22,24,26-27H,6-7,9-11,13-15H2;2*1-2H3. The van der Waals surface area contributed by atoms with Crippen LogP contribution >= 0.6 is 11.6 Å². The monoisotopic (exact) mass is 492 g/mol. The van der Waals surface area contributed by atoms with Gasteiger partial charge in [-0.1, -0.05) is 63.6 Å². The van der Waals surface area contributed by atoms with Crippen LogP contribution in [0.5, 0.6) is 5.75 Å². The van der Waals surface area contributed by atoms with E-state index in [1.807, 2.05) is 70.2 Å². The van der Waals surface area contributed by atoms with Crippen molar-refractivity contribution in [2.24, 2.45) is 0 Å². The predicted molar refractivity (Wildman–Crippen MR) is 138 cm³/mol. The summed E-state index contributed by atoms with van der Waals surface area (Å²) in [4.78, 5) is 0. The number of rotatable bonds is 9. The molecule has 3 unspecified atom stereocenters. The molecule has 190 valence electrons. The average molecular weight is 493 g/mol. The van der Waals surface area contributed by atoms with Crippen molar-refractivity contribution in [1.29, 1.82) is 0 Å². The molecular weight excluding hydrogens is 452 g/mol. The first kappa shape index (κ1) is 28.6. The molecule has 3 atom stereocenters. The van der Waals surface area contributed by atoms with Gasteiger partial charge in [0.1, 0.15) is 12.4 Å². The molecule has 1 saturated carbocycles. The van der Waals surface area contributed by atoms with Gasteiger partial charge < -0.3 is 24.4 Å². The highest BCUT2D eigenvalue weighted by Gasteiger charge is 2.29. The molecule has 2 aromatic rings. The van der Waals surface area contributed by atoms with E-state index in [0.717, 1.165) is 22.4 Å². The van der Waals surface area contributed by atoms with Crippen LogP contribution in [0, 0.1) is 0 Å². The Labute approximate surface area is 210 Å². The lowest BCUT2D eigenvalue weighted by Gasteiger charge is -2.32. The molecular formula is C28H41ClO5. The molecule has 0 radical (unpaired) electrons. The zero-order valence-corrected chi connectivity index (χ0v) is 21.8. The van der Waals surface area contributed by atoms with Gasteiger partial charge in [0.2, 0.25) is 0 Å². The van der Waals surface area contributed by atoms with Crippen LogP contribution < -0.4 is 4.74 Å². The Balaban J connectivity index is 0.000000970. The van der Waals surface area contributed by atoms with Gasteiger partial charge >= 0.3 is 0 Å². The van der Waals surface area contributed by atoms with Crippen LogP contribution in [0.4, 0.5) is 0 Å². The highest BCUT2D eigenvalue weighted by molar-refractivity contribution is 6.31. The topological polar surface area (TPSA) is 68.2 Å². The van der Waals surface area contributed by atoms with Crippen molar-refractivity contribution in [3.05, 3.63) is 64.2 Å². The molecule has 2 fully saturated rings. The molecule has 1 aliphatic heterocycles. The van der Waals surface area contributed by atoms with E-state index in [1.165, 1.54) is 12.8 Å². The molecule has 0 aromatic heterocycles. The molecule has 1 aliphatic carbocycles. The first-order valence-corrected chi connectivity index (χ1v) is 13.0. The lowest BCUT2D eigenvalue weighted by atomic mass is 9.94. The van der Waals surface area contributed by atoms with E-state index in [1.54, 1.807) is 0 Å². The largest absolute Gasteiger partial charge is 0.491 e. The third-order valence-corrected chi connectivity index (χ3v) is 5.94. The summed E-state index contributed by atoms with van der Waals surface area (Å²) < 4.78 is 17.3. The molecule has 6 heteroatoms. The fourth-order valence-electron chi connectivity index (χ4n) is 3.79. The van der Waals surface area contributed by atoms with Crippen LogP contribution in [0.25, 0.3) is 0 Å². The molecule has 1 saturated heterocycles. The second kappa shape index (κ2) is 15.4. The van der Waals surface area contributed by atoms with E-state index >= 15 is 0 Å². The Hall–Kier alpha value is -1.63. The third kappa shape index (κ3) is 9.20. The molecule has 2 N–H and O–H groups in total. The van der Waals surface area contributed by atoms with Crippen LogP contribution in [0.15, 0.2) is 42.5 Å². The van der Waals surface area contributed by atoms with Crippen molar-refractivity contribution in [2.45, 2.75) is 84.2 Å². The van der Waals surface area contributed by atoms with Crippen LogP contribution in [0.1, 0.15) is 76.2 Å². The van der Waals surface area contributed by atoms with Gasteiger partial charge in [-0.25, -0.2) is 0 Å². The Morgan fingerprint density at radius 3 is 2.32 bits per heavy atom. The zero-order chi connectivity index (χ0) is 24.9. The van der Waals surface area contributed by atoms with E-state index in [-0.39, 0.29) is 18.8 Å². The molecule has 0 spiro atoms. The fourth-order valence-corrected chi connectivity index (χ4v) is 3.97. The van der Waals surface area contributed by atoms with E-state index < -0.39 is 6.10 Å². The smallest absolute Gasteiger partial charge is 0.119 e. The molecule has 2 aliphatic rings. The average Bonchev–Trinajstić information content (AvgIpc) is 3.71. The minimum Gasteiger partial charge on any atom is -0.491 e. The SMILES string of the molecule is CC.CC.OCC1CC(O)CC(c2ccc(Cl)c(Cc3ccc(OCCOC4CC4)cc3)c2)O1. The predicted octanol–water partition coefficient (Wildman–Crippen LogP) is 6.11. The highest BCUT2D eigenvalue weighted by Crippen LogP contribution is 2.34. The summed E-state index contributed by atoms with van der Waals surface area (Å²) in [6, 6.07) is 13.9. The lowest BCUT2D eigenvalue weighted by molar-refractivity contribution is -0.113. The second-order valence-corrected chi connectivity index (χ2v) is 8.55. The van der Waals surface area contributed by atoms with Crippen molar-refractivity contribution < 1.29 is 24.4 Å².